The second-order valence-corrected chi connectivity index (χ2v) is 19.2. The summed E-state index contributed by atoms with van der Waals surface area (Å²) in [6.07, 6.45) is 0.652. The topological polar surface area (TPSA) is 281 Å². The number of hydrogen-bond acceptors (Lipinski definition) is 11. The molecule has 2 unspecified atom stereocenters. The molecule has 19 heteroatoms. The molecule has 5 aromatic carbocycles. The van der Waals surface area contributed by atoms with E-state index in [0.717, 1.165) is 16.5 Å². The van der Waals surface area contributed by atoms with Crippen LogP contribution in [0, 0.1) is 0 Å². The Kier molecular flexibility index (Phi) is 19.0. The number of benzene rings is 5. The molecule has 0 saturated carbocycles. The molecule has 77 heavy (non-hydrogen) atoms. The van der Waals surface area contributed by atoms with Gasteiger partial charge in [-0.05, 0) is 71.8 Å². The second kappa shape index (κ2) is 26.8. The summed E-state index contributed by atoms with van der Waals surface area (Å²) in [7, 11) is 0. The number of aromatic amines is 1. The third-order valence-electron chi connectivity index (χ3n) is 13.7. The molecular formula is C58H66N10O9. The predicted molar refractivity (Wildman–Crippen MR) is 288 cm³/mol. The minimum atomic E-state index is -1.42. The number of hydrogen-bond donors (Lipinski definition) is 9. The van der Waals surface area contributed by atoms with Gasteiger partial charge in [-0.15, -0.1) is 0 Å². The highest BCUT2D eigenvalue weighted by molar-refractivity contribution is 5.99. The van der Waals surface area contributed by atoms with Crippen LogP contribution in [-0.2, 0) is 59.4 Å². The first-order valence-electron chi connectivity index (χ1n) is 26.0. The largest absolute Gasteiger partial charge is 0.489 e. The third kappa shape index (κ3) is 14.9. The maximum Gasteiger partial charge on any atom is 0.407 e. The molecule has 2 aliphatic heterocycles. The molecule has 2 fully saturated rings. The molecule has 2 saturated heterocycles. The molecule has 2 aliphatic rings. The average Bonchev–Trinajstić information content (AvgIpc) is 4.08. The first kappa shape index (κ1) is 54.7. The Labute approximate surface area is 446 Å². The number of aromatic nitrogens is 1. The van der Waals surface area contributed by atoms with Gasteiger partial charge in [0.15, 0.2) is 0 Å². The van der Waals surface area contributed by atoms with E-state index < -0.39 is 83.9 Å². The van der Waals surface area contributed by atoms with E-state index in [1.165, 1.54) is 4.90 Å². The fraction of sp³-hybridized carbons (Fsp3) is 0.328. The van der Waals surface area contributed by atoms with Crippen LogP contribution in [0.1, 0.15) is 59.5 Å². The number of fused-ring (bicyclic) bond motifs is 2. The number of para-hydroxylation sites is 1. The van der Waals surface area contributed by atoms with Crippen molar-refractivity contribution < 1.29 is 43.0 Å². The zero-order valence-electron chi connectivity index (χ0n) is 42.7. The Morgan fingerprint density at radius 3 is 1.87 bits per heavy atom. The summed E-state index contributed by atoms with van der Waals surface area (Å²) in [5.41, 5.74) is 15.7. The number of nitrogens with one attached hydrogen (secondary N) is 7. The molecular weight excluding hydrogens is 981 g/mol. The highest BCUT2D eigenvalue weighted by Gasteiger charge is 2.45. The van der Waals surface area contributed by atoms with E-state index in [-0.39, 0.29) is 51.7 Å². The highest BCUT2D eigenvalue weighted by Crippen LogP contribution is 2.26. The van der Waals surface area contributed by atoms with Gasteiger partial charge in [0.05, 0.1) is 6.54 Å². The van der Waals surface area contributed by atoms with Gasteiger partial charge < -0.3 is 62.7 Å². The van der Waals surface area contributed by atoms with Crippen molar-refractivity contribution in [2.45, 2.75) is 93.9 Å². The molecule has 6 aromatic rings. The smallest absolute Gasteiger partial charge is 0.407 e. The van der Waals surface area contributed by atoms with Crippen molar-refractivity contribution in [3.63, 3.8) is 0 Å². The van der Waals surface area contributed by atoms with Crippen molar-refractivity contribution in [2.75, 3.05) is 26.2 Å². The standard InChI is InChI=1S/C58H66N10O9/c59-27-13-12-22-46-52(69)64-47(30-38-23-25-42(26-24-38)76-36-39-16-6-2-7-17-39)53(70)66-49(31-37-14-4-1-5-15-37)57(74)68-35-43(77-58(75)61-29-28-60)33-50(68)55(72)67-51(40-18-8-3-9-19-40)56(73)65-48(54(71)63-46)32-41-34-62-45-21-11-10-20-44(41)45/h1-11,14-21,23-26,34,43,46-51,62H,12-13,22,27-33,35-36,59-60H2,(H,61,75)(H,63,71)(H,64,69)(H,65,73)(H,66,70)(H,67,72)/t43-,46+,47?,48-,49+,50?,51+/m1/s1. The SMILES string of the molecule is NCCCC[C@@H]1NC(=O)[C@@H](Cc2c[nH]c3ccccc23)NC(=O)[C@H](c2ccccc2)NC(=O)C2C[C@@H](OC(=O)NCCN)CN2C(=O)[C@H](Cc2ccccc2)NC(=O)C(Cc2ccc(OCc3ccccc3)cc2)NC1=O. The quantitative estimate of drug-likeness (QED) is 0.0598. The predicted octanol–water partition coefficient (Wildman–Crippen LogP) is 3.37. The van der Waals surface area contributed by atoms with Gasteiger partial charge in [-0.3, -0.25) is 28.8 Å². The van der Waals surface area contributed by atoms with Crippen molar-refractivity contribution in [3.05, 3.63) is 174 Å². The van der Waals surface area contributed by atoms with Gasteiger partial charge in [0.2, 0.25) is 35.4 Å². The summed E-state index contributed by atoms with van der Waals surface area (Å²) in [5, 5.41) is 17.9. The molecule has 0 bridgehead atoms. The van der Waals surface area contributed by atoms with Crippen molar-refractivity contribution in [2.24, 2.45) is 11.5 Å². The number of H-pyrrole nitrogens is 1. The number of nitrogens with two attached hydrogens (primary N) is 2. The van der Waals surface area contributed by atoms with Crippen molar-refractivity contribution >= 4 is 52.4 Å². The number of nitrogens with zero attached hydrogens (tertiary/aromatic N) is 1. The fourth-order valence-corrected chi connectivity index (χ4v) is 9.65. The maximum atomic E-state index is 15.3. The van der Waals surface area contributed by atoms with E-state index in [0.29, 0.717) is 54.0 Å². The Bertz CT molecular complexity index is 2960. The van der Waals surface area contributed by atoms with Gasteiger partial charge >= 0.3 is 6.09 Å². The third-order valence-corrected chi connectivity index (χ3v) is 13.7. The normalized spacial score (nSPS) is 21.6. The van der Waals surface area contributed by atoms with Gasteiger partial charge in [0, 0.05) is 55.9 Å². The van der Waals surface area contributed by atoms with Crippen LogP contribution in [-0.4, -0.2) is 114 Å². The lowest BCUT2D eigenvalue weighted by Crippen LogP contribution is -2.61. The summed E-state index contributed by atoms with van der Waals surface area (Å²) in [6.45, 7) is 0.617. The molecule has 19 nitrogen and oxygen atoms in total. The van der Waals surface area contributed by atoms with Crippen molar-refractivity contribution in [1.29, 1.82) is 0 Å². The van der Waals surface area contributed by atoms with Crippen LogP contribution >= 0.6 is 0 Å². The molecule has 3 heterocycles. The summed E-state index contributed by atoms with van der Waals surface area (Å²) < 4.78 is 11.8. The van der Waals surface area contributed by atoms with E-state index in [1.54, 1.807) is 85.1 Å². The lowest BCUT2D eigenvalue weighted by molar-refractivity contribution is -0.143. The number of rotatable bonds is 17. The summed E-state index contributed by atoms with van der Waals surface area (Å²) in [6, 6.07) is 33.6. The van der Waals surface area contributed by atoms with Gasteiger partial charge in [0.25, 0.3) is 0 Å². The van der Waals surface area contributed by atoms with Gasteiger partial charge in [-0.25, -0.2) is 4.79 Å². The number of alkyl carbamates (subject to hydrolysis) is 1. The Morgan fingerprint density at radius 1 is 0.584 bits per heavy atom. The fourth-order valence-electron chi connectivity index (χ4n) is 9.65. The van der Waals surface area contributed by atoms with E-state index in [1.807, 2.05) is 60.7 Å². The zero-order chi connectivity index (χ0) is 54.1. The first-order valence-corrected chi connectivity index (χ1v) is 26.0. The second-order valence-electron chi connectivity index (χ2n) is 19.2. The van der Waals surface area contributed by atoms with Crippen LogP contribution in [0.15, 0.2) is 146 Å². The van der Waals surface area contributed by atoms with E-state index >= 15 is 9.59 Å². The number of unbranched alkanes of at least 4 members (excludes halogenated alkanes) is 1. The molecule has 0 spiro atoms. The monoisotopic (exact) mass is 1050 g/mol. The Hall–Kier alpha value is -8.55. The lowest BCUT2D eigenvalue weighted by atomic mass is 9.99. The van der Waals surface area contributed by atoms with Gasteiger partial charge in [-0.1, -0.05) is 121 Å². The van der Waals surface area contributed by atoms with Crippen molar-refractivity contribution in [3.8, 4) is 5.75 Å². The van der Waals surface area contributed by atoms with Crippen LogP contribution in [0.4, 0.5) is 4.79 Å². The lowest BCUT2D eigenvalue weighted by Gasteiger charge is -2.32. The number of ether oxygens (including phenoxy) is 2. The summed E-state index contributed by atoms with van der Waals surface area (Å²) in [4.78, 5) is 107. The van der Waals surface area contributed by atoms with Crippen LogP contribution in [0.3, 0.4) is 0 Å². The number of amides is 7. The average molecular weight is 1050 g/mol. The van der Waals surface area contributed by atoms with Crippen molar-refractivity contribution in [1.82, 2.24) is 41.8 Å². The Morgan fingerprint density at radius 2 is 1.17 bits per heavy atom. The highest BCUT2D eigenvalue weighted by atomic mass is 16.6. The summed E-state index contributed by atoms with van der Waals surface area (Å²) in [5.74, 6) is -3.76. The van der Waals surface area contributed by atoms with Crippen LogP contribution in [0.2, 0.25) is 0 Å². The molecule has 402 valence electrons. The number of carbonyl (C=O) groups excluding carboxylic acids is 7. The van der Waals surface area contributed by atoms with E-state index in [9.17, 15) is 24.0 Å². The molecule has 11 N–H and O–H groups in total. The summed E-state index contributed by atoms with van der Waals surface area (Å²) >= 11 is 0. The van der Waals surface area contributed by atoms with Gasteiger partial charge in [0.1, 0.15) is 54.7 Å². The molecule has 8 rings (SSSR count). The van der Waals surface area contributed by atoms with Crippen LogP contribution < -0.4 is 48.1 Å². The van der Waals surface area contributed by atoms with Crippen LogP contribution in [0.5, 0.6) is 5.75 Å². The molecule has 0 aliphatic carbocycles. The molecule has 7 amide bonds. The van der Waals surface area contributed by atoms with E-state index in [2.05, 4.69) is 36.9 Å². The first-order chi connectivity index (χ1) is 37.5. The van der Waals surface area contributed by atoms with Crippen LogP contribution in [0.25, 0.3) is 10.9 Å². The minimum Gasteiger partial charge on any atom is -0.489 e. The maximum absolute atomic E-state index is 15.3. The number of carbonyl (C=O) groups is 7. The molecule has 0 radical (unpaired) electrons. The molecule has 7 atom stereocenters. The minimum absolute atomic E-state index is 0.0385. The zero-order valence-corrected chi connectivity index (χ0v) is 42.7. The molecule has 1 aromatic heterocycles. The van der Waals surface area contributed by atoms with Gasteiger partial charge in [-0.2, -0.15) is 0 Å². The Balaban J connectivity index is 1.19. The van der Waals surface area contributed by atoms with E-state index in [4.69, 9.17) is 20.9 Å².